The number of ketones is 1. The van der Waals surface area contributed by atoms with Crippen molar-refractivity contribution in [1.82, 2.24) is 5.32 Å². The third-order valence-electron chi connectivity index (χ3n) is 1.40. The van der Waals surface area contributed by atoms with Gasteiger partial charge < -0.3 is 0 Å². The Hall–Kier alpha value is -1.19. The van der Waals surface area contributed by atoms with Crippen LogP contribution in [-0.4, -0.2) is 17.6 Å². The average Bonchev–Trinajstić information content (AvgIpc) is 2.10. The SMILES string of the molecule is CC(=O)C1CC(=O)[N]C1=O. The highest BCUT2D eigenvalue weighted by Gasteiger charge is 2.35. The first-order valence-corrected chi connectivity index (χ1v) is 2.90. The lowest BCUT2D eigenvalue weighted by molar-refractivity contribution is -0.130. The molecule has 0 aliphatic carbocycles. The summed E-state index contributed by atoms with van der Waals surface area (Å²) >= 11 is 0. The standard InChI is InChI=1S/C6H6NO3/c1-3(8)4-2-5(9)7-6(4)10/h4H,2H2,1H3. The Morgan fingerprint density at radius 2 is 2.20 bits per heavy atom. The fourth-order valence-electron chi connectivity index (χ4n) is 0.826. The van der Waals surface area contributed by atoms with E-state index in [4.69, 9.17) is 0 Å². The van der Waals surface area contributed by atoms with Crippen LogP contribution in [0.4, 0.5) is 0 Å². The molecule has 1 radical (unpaired) electrons. The van der Waals surface area contributed by atoms with Gasteiger partial charge in [-0.1, -0.05) is 0 Å². The van der Waals surface area contributed by atoms with Gasteiger partial charge in [0.05, 0.1) is 0 Å². The van der Waals surface area contributed by atoms with E-state index in [1.54, 1.807) is 0 Å². The molecule has 1 atom stereocenters. The van der Waals surface area contributed by atoms with Crippen molar-refractivity contribution in [2.45, 2.75) is 13.3 Å². The predicted molar refractivity (Wildman–Crippen MR) is 30.9 cm³/mol. The lowest BCUT2D eigenvalue weighted by Crippen LogP contribution is -2.19. The number of amides is 2. The number of hydrogen-bond donors (Lipinski definition) is 0. The van der Waals surface area contributed by atoms with E-state index in [0.717, 1.165) is 0 Å². The molecule has 0 spiro atoms. The molecule has 53 valence electrons. The van der Waals surface area contributed by atoms with Crippen molar-refractivity contribution in [2.75, 3.05) is 0 Å². The molecule has 0 N–H and O–H groups in total. The Kier molecular flexibility index (Phi) is 1.53. The van der Waals surface area contributed by atoms with Crippen molar-refractivity contribution in [3.63, 3.8) is 0 Å². The zero-order chi connectivity index (χ0) is 7.72. The van der Waals surface area contributed by atoms with Crippen LogP contribution in [0.25, 0.3) is 0 Å². The average molecular weight is 140 g/mol. The summed E-state index contributed by atoms with van der Waals surface area (Å²) in [6.07, 6.45) is -0.0336. The summed E-state index contributed by atoms with van der Waals surface area (Å²) in [6.45, 7) is 1.29. The molecule has 1 saturated heterocycles. The second-order valence-corrected chi connectivity index (χ2v) is 2.21. The quantitative estimate of drug-likeness (QED) is 0.355. The molecule has 2 amide bonds. The van der Waals surface area contributed by atoms with Gasteiger partial charge in [0.15, 0.2) is 0 Å². The maximum absolute atomic E-state index is 10.6. The third-order valence-corrected chi connectivity index (χ3v) is 1.40. The van der Waals surface area contributed by atoms with Crippen LogP contribution in [0.1, 0.15) is 13.3 Å². The summed E-state index contributed by atoms with van der Waals surface area (Å²) < 4.78 is 0. The van der Waals surface area contributed by atoms with Crippen LogP contribution in [0, 0.1) is 5.92 Å². The second kappa shape index (κ2) is 2.21. The zero-order valence-corrected chi connectivity index (χ0v) is 5.46. The van der Waals surface area contributed by atoms with E-state index in [1.807, 2.05) is 0 Å². The van der Waals surface area contributed by atoms with Crippen LogP contribution in [0.15, 0.2) is 0 Å². The van der Waals surface area contributed by atoms with Gasteiger partial charge in [-0.05, 0) is 6.92 Å². The van der Waals surface area contributed by atoms with E-state index in [0.29, 0.717) is 0 Å². The summed E-state index contributed by atoms with van der Waals surface area (Å²) in [5.41, 5.74) is 0. The zero-order valence-electron chi connectivity index (χ0n) is 5.46. The Morgan fingerprint density at radius 3 is 2.40 bits per heavy atom. The topological polar surface area (TPSA) is 65.3 Å². The summed E-state index contributed by atoms with van der Waals surface area (Å²) in [5, 5.41) is 3.09. The van der Waals surface area contributed by atoms with Gasteiger partial charge in [0.1, 0.15) is 11.7 Å². The molecule has 0 aromatic heterocycles. The minimum Gasteiger partial charge on any atom is -0.299 e. The molecule has 10 heavy (non-hydrogen) atoms. The van der Waals surface area contributed by atoms with Crippen molar-refractivity contribution in [3.05, 3.63) is 0 Å². The monoisotopic (exact) mass is 140 g/mol. The first kappa shape index (κ1) is 6.92. The maximum Gasteiger partial charge on any atom is 0.259 e. The van der Waals surface area contributed by atoms with Gasteiger partial charge >= 0.3 is 0 Å². The van der Waals surface area contributed by atoms with Gasteiger partial charge in [0.2, 0.25) is 5.91 Å². The summed E-state index contributed by atoms with van der Waals surface area (Å²) in [4.78, 5) is 31.6. The molecule has 1 unspecified atom stereocenters. The summed E-state index contributed by atoms with van der Waals surface area (Å²) in [7, 11) is 0. The summed E-state index contributed by atoms with van der Waals surface area (Å²) in [6, 6.07) is 0. The molecule has 0 aromatic carbocycles. The van der Waals surface area contributed by atoms with Crippen LogP contribution >= 0.6 is 0 Å². The predicted octanol–water partition coefficient (Wildman–Crippen LogP) is -0.747. The Morgan fingerprint density at radius 1 is 1.60 bits per heavy atom. The van der Waals surface area contributed by atoms with Crippen LogP contribution in [0.3, 0.4) is 0 Å². The molecule has 0 bridgehead atoms. The largest absolute Gasteiger partial charge is 0.299 e. The van der Waals surface area contributed by atoms with Crippen molar-refractivity contribution in [1.29, 1.82) is 0 Å². The van der Waals surface area contributed by atoms with Gasteiger partial charge in [0.25, 0.3) is 5.91 Å². The number of hydrogen-bond acceptors (Lipinski definition) is 3. The van der Waals surface area contributed by atoms with E-state index >= 15 is 0 Å². The highest BCUT2D eigenvalue weighted by Crippen LogP contribution is 2.12. The highest BCUT2D eigenvalue weighted by atomic mass is 16.2. The number of nitrogens with zero attached hydrogens (tertiary/aromatic N) is 1. The van der Waals surface area contributed by atoms with Gasteiger partial charge in [-0.2, -0.15) is 5.32 Å². The molecule has 1 fully saturated rings. The third kappa shape index (κ3) is 1.05. The van der Waals surface area contributed by atoms with E-state index in [1.165, 1.54) is 6.92 Å². The highest BCUT2D eigenvalue weighted by molar-refractivity contribution is 6.13. The van der Waals surface area contributed by atoms with Gasteiger partial charge in [0, 0.05) is 6.42 Å². The minimum absolute atomic E-state index is 0.0336. The number of carbonyl (C=O) groups is 3. The van der Waals surface area contributed by atoms with Crippen molar-refractivity contribution in [2.24, 2.45) is 5.92 Å². The molecule has 1 aliphatic heterocycles. The molecule has 4 nitrogen and oxygen atoms in total. The number of imide groups is 1. The Labute approximate surface area is 57.6 Å². The molecule has 4 heteroatoms. The molecular weight excluding hydrogens is 134 g/mol. The summed E-state index contributed by atoms with van der Waals surface area (Å²) in [5.74, 6) is -2.13. The molecule has 1 rings (SSSR count). The van der Waals surface area contributed by atoms with Crippen LogP contribution < -0.4 is 5.32 Å². The molecular formula is C6H6NO3. The second-order valence-electron chi connectivity index (χ2n) is 2.21. The van der Waals surface area contributed by atoms with Gasteiger partial charge in [-0.15, -0.1) is 0 Å². The smallest absolute Gasteiger partial charge is 0.259 e. The number of carbonyl (C=O) groups excluding carboxylic acids is 3. The van der Waals surface area contributed by atoms with Gasteiger partial charge in [-0.25, -0.2) is 0 Å². The Balaban J connectivity index is 2.72. The van der Waals surface area contributed by atoms with E-state index < -0.39 is 17.7 Å². The first-order chi connectivity index (χ1) is 4.61. The maximum atomic E-state index is 10.6. The number of rotatable bonds is 1. The van der Waals surface area contributed by atoms with Crippen molar-refractivity contribution >= 4 is 17.6 Å². The van der Waals surface area contributed by atoms with Crippen molar-refractivity contribution < 1.29 is 14.4 Å². The normalized spacial score (nSPS) is 24.7. The van der Waals surface area contributed by atoms with Crippen LogP contribution in [0.2, 0.25) is 0 Å². The Bertz CT molecular complexity index is 209. The fraction of sp³-hybridized carbons (Fsp3) is 0.500. The first-order valence-electron chi connectivity index (χ1n) is 2.90. The van der Waals surface area contributed by atoms with E-state index in [-0.39, 0.29) is 12.2 Å². The molecule has 1 heterocycles. The van der Waals surface area contributed by atoms with E-state index in [9.17, 15) is 14.4 Å². The molecule has 0 aromatic rings. The number of Topliss-reactive ketones (excluding diaryl/α,β-unsaturated/α-hetero) is 1. The van der Waals surface area contributed by atoms with Crippen molar-refractivity contribution in [3.8, 4) is 0 Å². The van der Waals surface area contributed by atoms with Crippen LogP contribution in [-0.2, 0) is 14.4 Å². The lowest BCUT2D eigenvalue weighted by Gasteiger charge is -1.94. The lowest BCUT2D eigenvalue weighted by atomic mass is 10.0. The molecule has 0 saturated carbocycles. The van der Waals surface area contributed by atoms with Crippen LogP contribution in [0.5, 0.6) is 0 Å². The minimum atomic E-state index is -0.785. The van der Waals surface area contributed by atoms with Gasteiger partial charge in [-0.3, -0.25) is 14.4 Å². The fourth-order valence-corrected chi connectivity index (χ4v) is 0.826. The molecule has 1 aliphatic rings. The van der Waals surface area contributed by atoms with E-state index in [2.05, 4.69) is 5.32 Å².